The number of carbonyl (C=O) groups excluding carboxylic acids is 2. The van der Waals surface area contributed by atoms with Crippen molar-refractivity contribution in [2.75, 3.05) is 20.2 Å². The first-order valence-corrected chi connectivity index (χ1v) is 12.0. The fourth-order valence-corrected chi connectivity index (χ4v) is 5.05. The van der Waals surface area contributed by atoms with Gasteiger partial charge in [-0.25, -0.2) is 13.2 Å². The van der Waals surface area contributed by atoms with E-state index in [2.05, 4.69) is 25.5 Å². The molecule has 2 aromatic carbocycles. The van der Waals surface area contributed by atoms with Gasteiger partial charge in [0.2, 0.25) is 10.0 Å². The van der Waals surface area contributed by atoms with E-state index < -0.39 is 22.0 Å². The highest BCUT2D eigenvalue weighted by molar-refractivity contribution is 7.89. The molecule has 32 heavy (non-hydrogen) atoms. The number of methoxy groups -OCH3 is 1. The first kappa shape index (κ1) is 23.9. The largest absolute Gasteiger partial charge is 0.465 e. The van der Waals surface area contributed by atoms with Crippen LogP contribution in [0.25, 0.3) is 0 Å². The molecule has 0 saturated carbocycles. The SMILES string of the molecule is COC(=O)c1ccc(OC(=O)C2CCN(S(=O)(=O)c3ccc(C(C)(C)C)cc3)CC2)cc1. The van der Waals surface area contributed by atoms with Crippen LogP contribution in [0.3, 0.4) is 0 Å². The molecule has 0 aromatic heterocycles. The van der Waals surface area contributed by atoms with Gasteiger partial charge < -0.3 is 9.47 Å². The van der Waals surface area contributed by atoms with Crippen molar-refractivity contribution < 1.29 is 27.5 Å². The third kappa shape index (κ3) is 5.37. The van der Waals surface area contributed by atoms with Gasteiger partial charge in [0.15, 0.2) is 0 Å². The Kier molecular flexibility index (Phi) is 7.05. The molecule has 2 aromatic rings. The van der Waals surface area contributed by atoms with E-state index in [0.717, 1.165) is 5.56 Å². The van der Waals surface area contributed by atoms with Crippen LogP contribution in [0.4, 0.5) is 0 Å². The molecule has 172 valence electrons. The minimum atomic E-state index is -3.61. The lowest BCUT2D eigenvalue weighted by Gasteiger charge is -2.30. The Morgan fingerprint density at radius 1 is 0.938 bits per heavy atom. The molecule has 0 atom stereocenters. The van der Waals surface area contributed by atoms with Crippen molar-refractivity contribution in [3.8, 4) is 5.75 Å². The highest BCUT2D eigenvalue weighted by atomic mass is 32.2. The van der Waals surface area contributed by atoms with Gasteiger partial charge in [-0.15, -0.1) is 0 Å². The maximum absolute atomic E-state index is 13.0. The summed E-state index contributed by atoms with van der Waals surface area (Å²) in [5.41, 5.74) is 1.37. The second-order valence-electron chi connectivity index (χ2n) is 8.89. The van der Waals surface area contributed by atoms with Gasteiger partial charge in [0.1, 0.15) is 5.75 Å². The van der Waals surface area contributed by atoms with Gasteiger partial charge in [-0.1, -0.05) is 32.9 Å². The first-order chi connectivity index (χ1) is 15.0. The number of rotatable bonds is 5. The molecular weight excluding hydrogens is 430 g/mol. The second-order valence-corrected chi connectivity index (χ2v) is 10.8. The number of carbonyl (C=O) groups is 2. The Hall–Kier alpha value is -2.71. The van der Waals surface area contributed by atoms with Crippen LogP contribution in [-0.4, -0.2) is 44.9 Å². The Labute approximate surface area is 189 Å². The Balaban J connectivity index is 1.59. The van der Waals surface area contributed by atoms with Gasteiger partial charge in [-0.05, 0) is 60.2 Å². The van der Waals surface area contributed by atoms with E-state index in [-0.39, 0.29) is 29.3 Å². The van der Waals surface area contributed by atoms with Crippen molar-refractivity contribution >= 4 is 22.0 Å². The summed E-state index contributed by atoms with van der Waals surface area (Å²) in [6.07, 6.45) is 0.775. The van der Waals surface area contributed by atoms with Crippen LogP contribution in [0.5, 0.6) is 5.75 Å². The van der Waals surface area contributed by atoms with Gasteiger partial charge in [0.05, 0.1) is 23.5 Å². The fraction of sp³-hybridized carbons (Fsp3) is 0.417. The van der Waals surface area contributed by atoms with Crippen LogP contribution < -0.4 is 4.74 Å². The molecule has 0 unspecified atom stereocenters. The van der Waals surface area contributed by atoms with E-state index in [1.165, 1.54) is 35.7 Å². The zero-order valence-corrected chi connectivity index (χ0v) is 19.6. The molecule has 1 heterocycles. The van der Waals surface area contributed by atoms with E-state index in [4.69, 9.17) is 4.74 Å². The predicted octanol–water partition coefficient (Wildman–Crippen LogP) is 3.78. The zero-order valence-electron chi connectivity index (χ0n) is 18.8. The van der Waals surface area contributed by atoms with Gasteiger partial charge >= 0.3 is 11.9 Å². The van der Waals surface area contributed by atoms with Crippen LogP contribution in [0, 0.1) is 5.92 Å². The Morgan fingerprint density at radius 3 is 2.00 bits per heavy atom. The molecule has 0 amide bonds. The summed E-state index contributed by atoms with van der Waals surface area (Å²) >= 11 is 0. The molecule has 0 radical (unpaired) electrons. The van der Waals surface area contributed by atoms with Crippen molar-refractivity contribution in [1.82, 2.24) is 4.31 Å². The number of piperidine rings is 1. The average molecular weight is 460 g/mol. The van der Waals surface area contributed by atoms with Crippen molar-refractivity contribution in [3.63, 3.8) is 0 Å². The summed E-state index contributed by atoms with van der Waals surface area (Å²) in [6.45, 7) is 6.74. The van der Waals surface area contributed by atoms with E-state index in [1.807, 2.05) is 12.1 Å². The number of ether oxygens (including phenoxy) is 2. The number of hydrogen-bond donors (Lipinski definition) is 0. The number of benzene rings is 2. The fourth-order valence-electron chi connectivity index (χ4n) is 3.58. The van der Waals surface area contributed by atoms with Crippen LogP contribution in [0.1, 0.15) is 49.5 Å². The van der Waals surface area contributed by atoms with Crippen LogP contribution in [-0.2, 0) is 25.0 Å². The summed E-state index contributed by atoms with van der Waals surface area (Å²) < 4.78 is 37.5. The molecule has 7 nitrogen and oxygen atoms in total. The van der Waals surface area contributed by atoms with Gasteiger partial charge in [0.25, 0.3) is 0 Å². The minimum Gasteiger partial charge on any atom is -0.465 e. The van der Waals surface area contributed by atoms with E-state index in [1.54, 1.807) is 12.1 Å². The van der Waals surface area contributed by atoms with Gasteiger partial charge in [0, 0.05) is 13.1 Å². The highest BCUT2D eigenvalue weighted by Crippen LogP contribution is 2.28. The first-order valence-electron chi connectivity index (χ1n) is 10.5. The van der Waals surface area contributed by atoms with Gasteiger partial charge in [-0.2, -0.15) is 4.31 Å². The normalized spacial score (nSPS) is 15.9. The van der Waals surface area contributed by atoms with Crippen molar-refractivity contribution in [1.29, 1.82) is 0 Å². The van der Waals surface area contributed by atoms with E-state index in [9.17, 15) is 18.0 Å². The number of hydrogen-bond acceptors (Lipinski definition) is 6. The Morgan fingerprint density at radius 2 is 1.50 bits per heavy atom. The lowest BCUT2D eigenvalue weighted by Crippen LogP contribution is -2.41. The van der Waals surface area contributed by atoms with Crippen LogP contribution in [0.15, 0.2) is 53.4 Å². The summed E-state index contributed by atoms with van der Waals surface area (Å²) in [7, 11) is -2.31. The molecule has 0 bridgehead atoms. The summed E-state index contributed by atoms with van der Waals surface area (Å²) in [6, 6.07) is 13.1. The summed E-state index contributed by atoms with van der Waals surface area (Å²) in [5.74, 6) is -0.923. The highest BCUT2D eigenvalue weighted by Gasteiger charge is 2.33. The van der Waals surface area contributed by atoms with Crippen LogP contribution >= 0.6 is 0 Å². The smallest absolute Gasteiger partial charge is 0.337 e. The molecule has 0 spiro atoms. The molecule has 0 N–H and O–H groups in total. The summed E-state index contributed by atoms with van der Waals surface area (Å²) in [5, 5.41) is 0. The predicted molar refractivity (Wildman–Crippen MR) is 120 cm³/mol. The van der Waals surface area contributed by atoms with E-state index >= 15 is 0 Å². The van der Waals surface area contributed by atoms with E-state index in [0.29, 0.717) is 24.2 Å². The molecular formula is C24H29NO6S. The molecule has 8 heteroatoms. The maximum atomic E-state index is 13.0. The van der Waals surface area contributed by atoms with Crippen molar-refractivity contribution in [2.45, 2.75) is 43.9 Å². The summed E-state index contributed by atoms with van der Waals surface area (Å²) in [4.78, 5) is 24.3. The minimum absolute atomic E-state index is 0.0549. The lowest BCUT2D eigenvalue weighted by molar-refractivity contribution is -0.140. The monoisotopic (exact) mass is 459 g/mol. The number of sulfonamides is 1. The van der Waals surface area contributed by atoms with Crippen molar-refractivity contribution in [2.24, 2.45) is 5.92 Å². The topological polar surface area (TPSA) is 90.0 Å². The average Bonchev–Trinajstić information content (AvgIpc) is 2.78. The van der Waals surface area contributed by atoms with Crippen LogP contribution in [0.2, 0.25) is 0 Å². The maximum Gasteiger partial charge on any atom is 0.337 e. The molecule has 3 rings (SSSR count). The third-order valence-corrected chi connectivity index (χ3v) is 7.55. The number of nitrogens with zero attached hydrogens (tertiary/aromatic N) is 1. The Bertz CT molecular complexity index is 1060. The molecule has 1 aliphatic heterocycles. The molecule has 0 aliphatic carbocycles. The third-order valence-electron chi connectivity index (χ3n) is 5.64. The standard InChI is InChI=1S/C24H29NO6S/c1-24(2,3)19-7-11-21(12-8-19)32(28,29)25-15-13-18(14-16-25)23(27)31-20-9-5-17(6-10-20)22(26)30-4/h5-12,18H,13-16H2,1-4H3. The van der Waals surface area contributed by atoms with Crippen molar-refractivity contribution in [3.05, 3.63) is 59.7 Å². The second kappa shape index (κ2) is 9.42. The lowest BCUT2D eigenvalue weighted by atomic mass is 9.87. The zero-order chi connectivity index (χ0) is 23.5. The molecule has 1 aliphatic rings. The molecule has 1 saturated heterocycles. The number of esters is 2. The van der Waals surface area contributed by atoms with Gasteiger partial charge in [-0.3, -0.25) is 4.79 Å². The quantitative estimate of drug-likeness (QED) is 0.499. The molecule has 1 fully saturated rings.